The highest BCUT2D eigenvalue weighted by molar-refractivity contribution is 14.0. The number of benzene rings is 1. The second kappa shape index (κ2) is 11.9. The third-order valence-electron chi connectivity index (χ3n) is 4.63. The molecule has 3 rings (SSSR count). The predicted molar refractivity (Wildman–Crippen MR) is 131 cm³/mol. The van der Waals surface area contributed by atoms with E-state index < -0.39 is 0 Å². The van der Waals surface area contributed by atoms with E-state index in [1.807, 2.05) is 18.5 Å². The molecule has 2 heterocycles. The Morgan fingerprint density at radius 3 is 2.62 bits per heavy atom. The molecule has 0 spiro atoms. The second-order valence-electron chi connectivity index (χ2n) is 6.62. The Bertz CT molecular complexity index is 884. The van der Waals surface area contributed by atoms with E-state index in [0.717, 1.165) is 48.4 Å². The summed E-state index contributed by atoms with van der Waals surface area (Å²) in [5.74, 6) is 1.78. The molecule has 0 aliphatic heterocycles. The number of hydrogen-bond donors (Lipinski definition) is 2. The highest BCUT2D eigenvalue weighted by Crippen LogP contribution is 2.16. The van der Waals surface area contributed by atoms with Crippen LogP contribution in [0.3, 0.4) is 0 Å². The Balaban J connectivity index is 0.00000300. The van der Waals surface area contributed by atoms with Crippen LogP contribution < -0.4 is 10.6 Å². The Labute approximate surface area is 193 Å². The third-order valence-corrected chi connectivity index (χ3v) is 5.76. The molecule has 6 nitrogen and oxygen atoms in total. The first-order chi connectivity index (χ1) is 13.7. The van der Waals surface area contributed by atoms with Gasteiger partial charge in [-0.05, 0) is 25.8 Å². The van der Waals surface area contributed by atoms with Crippen molar-refractivity contribution in [2.45, 2.75) is 39.8 Å². The molecule has 0 saturated carbocycles. The lowest BCUT2D eigenvalue weighted by atomic mass is 10.1. The second-order valence-corrected chi connectivity index (χ2v) is 7.91. The zero-order valence-corrected chi connectivity index (χ0v) is 20.3. The van der Waals surface area contributed by atoms with Crippen LogP contribution in [0.15, 0.2) is 47.7 Å². The van der Waals surface area contributed by atoms with Crippen molar-refractivity contribution in [2.75, 3.05) is 13.6 Å². The summed E-state index contributed by atoms with van der Waals surface area (Å²) >= 11 is 1.77. The van der Waals surface area contributed by atoms with Crippen molar-refractivity contribution >= 4 is 41.3 Å². The van der Waals surface area contributed by atoms with E-state index in [-0.39, 0.29) is 24.0 Å². The smallest absolute Gasteiger partial charge is 0.191 e. The molecule has 1 aromatic carbocycles. The number of rotatable bonds is 8. The molecule has 2 aromatic heterocycles. The summed E-state index contributed by atoms with van der Waals surface area (Å²) in [7, 11) is 1.79. The van der Waals surface area contributed by atoms with E-state index in [0.29, 0.717) is 6.54 Å². The van der Waals surface area contributed by atoms with E-state index in [9.17, 15) is 0 Å². The minimum absolute atomic E-state index is 0. The van der Waals surface area contributed by atoms with Crippen LogP contribution in [-0.2, 0) is 25.9 Å². The Morgan fingerprint density at radius 1 is 1.14 bits per heavy atom. The average Bonchev–Trinajstić information content (AvgIpc) is 3.29. The van der Waals surface area contributed by atoms with Gasteiger partial charge in [0, 0.05) is 43.8 Å². The van der Waals surface area contributed by atoms with Gasteiger partial charge >= 0.3 is 0 Å². The molecule has 0 aliphatic rings. The van der Waals surface area contributed by atoms with Crippen molar-refractivity contribution in [1.29, 1.82) is 0 Å². The van der Waals surface area contributed by atoms with Crippen molar-refractivity contribution < 1.29 is 0 Å². The van der Waals surface area contributed by atoms with Crippen molar-refractivity contribution in [3.05, 3.63) is 69.7 Å². The monoisotopic (exact) mass is 524 g/mol. The van der Waals surface area contributed by atoms with E-state index in [4.69, 9.17) is 0 Å². The molecular formula is C21H29IN6S. The van der Waals surface area contributed by atoms with E-state index >= 15 is 0 Å². The average molecular weight is 524 g/mol. The summed E-state index contributed by atoms with van der Waals surface area (Å²) in [4.78, 5) is 14.7. The fraction of sp³-hybridized carbons (Fsp3) is 0.381. The summed E-state index contributed by atoms with van der Waals surface area (Å²) in [6, 6.07) is 10.5. The predicted octanol–water partition coefficient (Wildman–Crippen LogP) is 3.72. The van der Waals surface area contributed by atoms with Gasteiger partial charge in [0.15, 0.2) is 5.96 Å². The third kappa shape index (κ3) is 7.11. The number of imidazole rings is 1. The number of aryl methyl sites for hydroxylation is 4. The fourth-order valence-corrected chi connectivity index (χ4v) is 3.86. The molecular weight excluding hydrogens is 495 g/mol. The van der Waals surface area contributed by atoms with Crippen molar-refractivity contribution in [1.82, 2.24) is 25.2 Å². The number of hydrogen-bond acceptors (Lipinski definition) is 4. The lowest BCUT2D eigenvalue weighted by Crippen LogP contribution is -2.38. The van der Waals surface area contributed by atoms with E-state index in [1.165, 1.54) is 10.4 Å². The maximum Gasteiger partial charge on any atom is 0.191 e. The van der Waals surface area contributed by atoms with Gasteiger partial charge in [-0.25, -0.2) is 9.97 Å². The van der Waals surface area contributed by atoms with E-state index in [2.05, 4.69) is 68.3 Å². The van der Waals surface area contributed by atoms with Crippen molar-refractivity contribution in [3.8, 4) is 0 Å². The number of nitrogens with zero attached hydrogens (tertiary/aromatic N) is 4. The first kappa shape index (κ1) is 23.3. The van der Waals surface area contributed by atoms with Gasteiger partial charge in [0.05, 0.1) is 17.2 Å². The van der Waals surface area contributed by atoms with Crippen LogP contribution in [0.1, 0.15) is 27.0 Å². The first-order valence-electron chi connectivity index (χ1n) is 9.57. The minimum atomic E-state index is 0. The van der Waals surface area contributed by atoms with Gasteiger partial charge in [-0.15, -0.1) is 35.3 Å². The maximum absolute atomic E-state index is 4.58. The molecule has 156 valence electrons. The number of aliphatic imine (C=N–C) groups is 1. The molecule has 0 amide bonds. The van der Waals surface area contributed by atoms with Crippen LogP contribution >= 0.6 is 35.3 Å². The number of nitrogens with one attached hydrogen (secondary N) is 2. The molecule has 3 aromatic rings. The van der Waals surface area contributed by atoms with Gasteiger partial charge in [-0.3, -0.25) is 4.99 Å². The van der Waals surface area contributed by atoms with Gasteiger partial charge in [0.25, 0.3) is 0 Å². The topological polar surface area (TPSA) is 67.1 Å². The maximum atomic E-state index is 4.58. The molecule has 0 saturated heterocycles. The largest absolute Gasteiger partial charge is 0.356 e. The Kier molecular flexibility index (Phi) is 9.59. The number of halogens is 1. The van der Waals surface area contributed by atoms with Crippen LogP contribution in [-0.4, -0.2) is 34.1 Å². The van der Waals surface area contributed by atoms with Crippen LogP contribution in [0.4, 0.5) is 0 Å². The van der Waals surface area contributed by atoms with Crippen LogP contribution in [0.25, 0.3) is 0 Å². The first-order valence-corrected chi connectivity index (χ1v) is 10.4. The molecule has 0 unspecified atom stereocenters. The molecule has 0 radical (unpaired) electrons. The normalized spacial score (nSPS) is 11.2. The zero-order chi connectivity index (χ0) is 19.8. The summed E-state index contributed by atoms with van der Waals surface area (Å²) < 4.78 is 2.19. The number of thiazole rings is 1. The molecule has 2 N–H and O–H groups in total. The van der Waals surface area contributed by atoms with Gasteiger partial charge in [0.1, 0.15) is 5.82 Å². The number of guanidine groups is 1. The van der Waals surface area contributed by atoms with Crippen LogP contribution in [0.2, 0.25) is 0 Å². The molecule has 29 heavy (non-hydrogen) atoms. The standard InChI is InChI=1S/C21H28N6S.HI/c1-16-17(2)28-20(26-16)9-11-24-21(22-3)25-15-19-23-12-14-27(19)13-10-18-7-5-4-6-8-18;/h4-8,12,14H,9-11,13,15H2,1-3H3,(H2,22,24,25);1H. The summed E-state index contributed by atoms with van der Waals surface area (Å²) in [6.45, 7) is 6.52. The lowest BCUT2D eigenvalue weighted by Gasteiger charge is -2.12. The van der Waals surface area contributed by atoms with Gasteiger partial charge in [-0.1, -0.05) is 30.3 Å². The van der Waals surface area contributed by atoms with Crippen molar-refractivity contribution in [2.24, 2.45) is 4.99 Å². The van der Waals surface area contributed by atoms with Gasteiger partial charge in [-0.2, -0.15) is 0 Å². The molecule has 0 fully saturated rings. The molecule has 0 aliphatic carbocycles. The highest BCUT2D eigenvalue weighted by Gasteiger charge is 2.06. The summed E-state index contributed by atoms with van der Waals surface area (Å²) in [6.07, 6.45) is 5.77. The highest BCUT2D eigenvalue weighted by atomic mass is 127. The van der Waals surface area contributed by atoms with Crippen molar-refractivity contribution in [3.63, 3.8) is 0 Å². The summed E-state index contributed by atoms with van der Waals surface area (Å²) in [5.41, 5.74) is 2.46. The van der Waals surface area contributed by atoms with Crippen LogP contribution in [0.5, 0.6) is 0 Å². The molecule has 0 bridgehead atoms. The number of aromatic nitrogens is 3. The zero-order valence-electron chi connectivity index (χ0n) is 17.2. The van der Waals surface area contributed by atoms with Gasteiger partial charge in [0.2, 0.25) is 0 Å². The van der Waals surface area contributed by atoms with Crippen LogP contribution in [0, 0.1) is 13.8 Å². The quantitative estimate of drug-likeness (QED) is 0.268. The summed E-state index contributed by atoms with van der Waals surface area (Å²) in [5, 5.41) is 7.87. The molecule has 0 atom stereocenters. The minimum Gasteiger partial charge on any atom is -0.356 e. The van der Waals surface area contributed by atoms with E-state index in [1.54, 1.807) is 18.4 Å². The molecule has 8 heteroatoms. The fourth-order valence-electron chi connectivity index (χ4n) is 2.92. The van der Waals surface area contributed by atoms with Gasteiger partial charge < -0.3 is 15.2 Å². The SMILES string of the molecule is CN=C(NCCc1nc(C)c(C)s1)NCc1nccn1CCc1ccccc1.I. The Morgan fingerprint density at radius 2 is 1.93 bits per heavy atom. The lowest BCUT2D eigenvalue weighted by molar-refractivity contribution is 0.634. The Hall–Kier alpha value is -1.94.